The van der Waals surface area contributed by atoms with E-state index in [1.165, 1.54) is 6.20 Å². The Hall–Kier alpha value is -2.30. The van der Waals surface area contributed by atoms with Gasteiger partial charge in [-0.2, -0.15) is 4.68 Å². The first kappa shape index (κ1) is 9.26. The van der Waals surface area contributed by atoms with Crippen LogP contribution in [0.25, 0.3) is 0 Å². The molecule has 0 unspecified atom stereocenters. The zero-order chi connectivity index (χ0) is 10.5. The van der Waals surface area contributed by atoms with Gasteiger partial charge in [-0.25, -0.2) is 9.98 Å². The second-order valence-electron chi connectivity index (χ2n) is 2.78. The molecule has 2 aromatic heterocycles. The zero-order valence-electron chi connectivity index (χ0n) is 7.82. The van der Waals surface area contributed by atoms with Gasteiger partial charge in [-0.3, -0.25) is 0 Å². The number of pyridine rings is 2. The van der Waals surface area contributed by atoms with Gasteiger partial charge in [0.1, 0.15) is 0 Å². The van der Waals surface area contributed by atoms with Crippen molar-refractivity contribution >= 4 is 5.82 Å². The third-order valence-corrected chi connectivity index (χ3v) is 1.78. The second-order valence-corrected chi connectivity index (χ2v) is 2.78. The van der Waals surface area contributed by atoms with Gasteiger partial charge in [-0.15, -0.1) is 4.91 Å². The average molecular weight is 200 g/mol. The van der Waals surface area contributed by atoms with Crippen LogP contribution in [0.2, 0.25) is 0 Å². The van der Waals surface area contributed by atoms with E-state index in [2.05, 4.69) is 15.3 Å². The molecular formula is C10H8N4O. The van der Waals surface area contributed by atoms with Crippen LogP contribution in [0.1, 0.15) is 0 Å². The van der Waals surface area contributed by atoms with Gasteiger partial charge in [0.15, 0.2) is 11.3 Å². The Morgan fingerprint density at radius 3 is 2.73 bits per heavy atom. The zero-order valence-corrected chi connectivity index (χ0v) is 7.82. The Bertz CT molecular complexity index is 518. The molecule has 0 spiro atoms. The molecule has 2 heterocycles. The molecule has 0 atom stereocenters. The van der Waals surface area contributed by atoms with E-state index in [0.29, 0.717) is 11.3 Å². The van der Waals surface area contributed by atoms with E-state index < -0.39 is 0 Å². The highest BCUT2D eigenvalue weighted by Crippen LogP contribution is 2.02. The van der Waals surface area contributed by atoms with Crippen molar-refractivity contribution in [3.8, 4) is 0 Å². The molecule has 15 heavy (non-hydrogen) atoms. The van der Waals surface area contributed by atoms with E-state index in [4.69, 9.17) is 0 Å². The summed E-state index contributed by atoms with van der Waals surface area (Å²) in [6.45, 7) is 0. The third-order valence-electron chi connectivity index (χ3n) is 1.78. The van der Waals surface area contributed by atoms with Crippen molar-refractivity contribution in [3.05, 3.63) is 59.2 Å². The lowest BCUT2D eigenvalue weighted by molar-refractivity contribution is 0.794. The molecule has 0 bridgehead atoms. The molecule has 2 rings (SSSR count). The van der Waals surface area contributed by atoms with E-state index >= 15 is 0 Å². The molecule has 0 amide bonds. The van der Waals surface area contributed by atoms with Crippen LogP contribution in [0.4, 0.5) is 5.82 Å². The van der Waals surface area contributed by atoms with Gasteiger partial charge in [0.2, 0.25) is 0 Å². The predicted octanol–water partition coefficient (Wildman–Crippen LogP) is 1.65. The van der Waals surface area contributed by atoms with Crippen LogP contribution in [0.15, 0.2) is 59.1 Å². The maximum atomic E-state index is 10.5. The molecule has 0 aliphatic heterocycles. The molecule has 5 nitrogen and oxygen atoms in total. The van der Waals surface area contributed by atoms with Crippen LogP contribution >= 0.6 is 0 Å². The normalized spacial score (nSPS) is 11.3. The number of nitroso groups, excluding NO2 is 1. The third kappa shape index (κ3) is 2.14. The summed E-state index contributed by atoms with van der Waals surface area (Å²) < 4.78 is 1.15. The minimum absolute atomic E-state index is 0.450. The summed E-state index contributed by atoms with van der Waals surface area (Å²) in [6, 6.07) is 10.6. The van der Waals surface area contributed by atoms with Crippen molar-refractivity contribution in [2.24, 2.45) is 10.3 Å². The van der Waals surface area contributed by atoms with E-state index in [0.717, 1.165) is 4.68 Å². The van der Waals surface area contributed by atoms with Crippen molar-refractivity contribution in [2.75, 3.05) is 0 Å². The molecule has 0 radical (unpaired) electrons. The summed E-state index contributed by atoms with van der Waals surface area (Å²) >= 11 is 0. The fraction of sp³-hybridized carbons (Fsp3) is 0. The first-order valence-corrected chi connectivity index (χ1v) is 4.37. The van der Waals surface area contributed by atoms with Gasteiger partial charge in [0.05, 0.1) is 5.29 Å². The minimum Gasteiger partial charge on any atom is -0.237 e. The average Bonchev–Trinajstić information content (AvgIpc) is 2.31. The second kappa shape index (κ2) is 4.28. The first-order valence-electron chi connectivity index (χ1n) is 4.37. The number of rotatable bonds is 2. The Morgan fingerprint density at radius 1 is 1.13 bits per heavy atom. The van der Waals surface area contributed by atoms with E-state index in [1.807, 2.05) is 6.07 Å². The van der Waals surface area contributed by atoms with Gasteiger partial charge < -0.3 is 0 Å². The summed E-state index contributed by atoms with van der Waals surface area (Å²) in [4.78, 5) is 18.6. The Labute approximate surface area is 85.7 Å². The lowest BCUT2D eigenvalue weighted by Gasteiger charge is -1.94. The van der Waals surface area contributed by atoms with Gasteiger partial charge in [0, 0.05) is 12.4 Å². The topological polar surface area (TPSA) is 59.6 Å². The smallest absolute Gasteiger partial charge is 0.159 e. The van der Waals surface area contributed by atoms with Crippen LogP contribution in [-0.4, -0.2) is 9.66 Å². The van der Waals surface area contributed by atoms with Crippen LogP contribution in [0.5, 0.6) is 0 Å². The predicted molar refractivity (Wildman–Crippen MR) is 55.1 cm³/mol. The molecule has 5 heteroatoms. The van der Waals surface area contributed by atoms with E-state index in [-0.39, 0.29) is 0 Å². The monoisotopic (exact) mass is 200 g/mol. The SMILES string of the molecule is O=Nn1cccc/c1=N\c1ccccn1. The highest BCUT2D eigenvalue weighted by Gasteiger charge is 1.91. The number of aromatic nitrogens is 2. The van der Waals surface area contributed by atoms with Gasteiger partial charge in [-0.1, -0.05) is 12.1 Å². The van der Waals surface area contributed by atoms with Crippen LogP contribution < -0.4 is 5.49 Å². The summed E-state index contributed by atoms with van der Waals surface area (Å²) in [7, 11) is 0. The molecule has 0 fully saturated rings. The van der Waals surface area contributed by atoms with Gasteiger partial charge in [0.25, 0.3) is 0 Å². The maximum absolute atomic E-state index is 10.5. The van der Waals surface area contributed by atoms with Crippen LogP contribution in [0.3, 0.4) is 0 Å². The summed E-state index contributed by atoms with van der Waals surface area (Å²) in [5.41, 5.74) is 0.450. The summed E-state index contributed by atoms with van der Waals surface area (Å²) in [6.07, 6.45) is 3.18. The van der Waals surface area contributed by atoms with Gasteiger partial charge in [-0.05, 0) is 24.3 Å². The van der Waals surface area contributed by atoms with E-state index in [1.54, 1.807) is 36.5 Å². The molecule has 0 saturated heterocycles. The molecule has 0 aliphatic rings. The highest BCUT2D eigenvalue weighted by molar-refractivity contribution is 5.25. The van der Waals surface area contributed by atoms with Crippen molar-refractivity contribution < 1.29 is 0 Å². The van der Waals surface area contributed by atoms with Crippen LogP contribution in [0, 0.1) is 4.91 Å². The number of hydrogen-bond acceptors (Lipinski definition) is 4. The molecule has 0 aromatic carbocycles. The van der Waals surface area contributed by atoms with Crippen molar-refractivity contribution in [3.63, 3.8) is 0 Å². The van der Waals surface area contributed by atoms with Crippen LogP contribution in [-0.2, 0) is 0 Å². The standard InChI is InChI=1S/C10H8N4O/c15-13-14-8-4-2-6-10(14)12-9-5-1-3-7-11-9/h1-8H/b12-10+. The molecule has 0 N–H and O–H groups in total. The largest absolute Gasteiger partial charge is 0.237 e. The quantitative estimate of drug-likeness (QED) is 0.692. The fourth-order valence-electron chi connectivity index (χ4n) is 1.12. The summed E-state index contributed by atoms with van der Waals surface area (Å²) in [5.74, 6) is 0.543. The minimum atomic E-state index is 0.450. The molecule has 74 valence electrons. The summed E-state index contributed by atoms with van der Waals surface area (Å²) in [5, 5.41) is 2.81. The van der Waals surface area contributed by atoms with Crippen molar-refractivity contribution in [1.29, 1.82) is 0 Å². The van der Waals surface area contributed by atoms with Gasteiger partial charge >= 0.3 is 0 Å². The lowest BCUT2D eigenvalue weighted by Crippen LogP contribution is -2.14. The van der Waals surface area contributed by atoms with E-state index in [9.17, 15) is 4.91 Å². The van der Waals surface area contributed by atoms with Crippen molar-refractivity contribution in [1.82, 2.24) is 9.66 Å². The van der Waals surface area contributed by atoms with Crippen molar-refractivity contribution in [2.45, 2.75) is 0 Å². The number of nitrogens with zero attached hydrogens (tertiary/aromatic N) is 4. The Kier molecular flexibility index (Phi) is 2.64. The molecule has 2 aromatic rings. The highest BCUT2D eigenvalue weighted by atomic mass is 16.3. The number of hydrogen-bond donors (Lipinski definition) is 0. The Balaban J connectivity index is 2.54. The lowest BCUT2D eigenvalue weighted by atomic mass is 10.4. The first-order chi connectivity index (χ1) is 7.40. The maximum Gasteiger partial charge on any atom is 0.159 e. The Morgan fingerprint density at radius 2 is 2.00 bits per heavy atom. The fourth-order valence-corrected chi connectivity index (χ4v) is 1.12. The molecular weight excluding hydrogens is 192 g/mol. The molecule has 0 aliphatic carbocycles. The molecule has 0 saturated carbocycles.